The van der Waals surface area contributed by atoms with Crippen LogP contribution in [0.5, 0.6) is 0 Å². The molecule has 0 saturated carbocycles. The van der Waals surface area contributed by atoms with Gasteiger partial charge in [-0.25, -0.2) is 4.98 Å². The number of H-pyrrole nitrogens is 1. The van der Waals surface area contributed by atoms with E-state index in [2.05, 4.69) is 9.97 Å². The van der Waals surface area contributed by atoms with Gasteiger partial charge in [-0.1, -0.05) is 0 Å². The molecule has 1 amide bonds. The van der Waals surface area contributed by atoms with Crippen LogP contribution in [0.4, 0.5) is 0 Å². The lowest BCUT2D eigenvalue weighted by molar-refractivity contribution is -0.131. The lowest BCUT2D eigenvalue weighted by atomic mass is 9.97. The smallest absolute Gasteiger partial charge is 0.229 e. The molecule has 1 aromatic rings. The lowest BCUT2D eigenvalue weighted by Gasteiger charge is -2.22. The molecule has 0 spiro atoms. The minimum atomic E-state index is 0.179. The van der Waals surface area contributed by atoms with Crippen molar-refractivity contribution >= 4 is 5.91 Å². The molecule has 1 aromatic heterocycles. The van der Waals surface area contributed by atoms with Crippen molar-refractivity contribution in [2.75, 3.05) is 0 Å². The predicted molar refractivity (Wildman–Crippen MR) is 63.3 cm³/mol. The van der Waals surface area contributed by atoms with Crippen molar-refractivity contribution in [1.29, 1.82) is 0 Å². The molecule has 3 heterocycles. The monoisotopic (exact) mass is 234 g/mol. The average Bonchev–Trinajstić information content (AvgIpc) is 2.93. The number of nitrogens with zero attached hydrogens (tertiary/aromatic N) is 2. The van der Waals surface area contributed by atoms with Gasteiger partial charge in [0.15, 0.2) is 0 Å². The highest BCUT2D eigenvalue weighted by atomic mass is 16.2. The molecule has 0 aromatic carbocycles. The second-order valence-electron chi connectivity index (χ2n) is 5.15. The fraction of sp³-hybridized carbons (Fsp3) is 0.667. The molecule has 3 rings (SSSR count). The molecular weight excluding hydrogens is 216 g/mol. The van der Waals surface area contributed by atoms with E-state index in [9.17, 15) is 4.79 Å². The Balaban J connectivity index is 1.74. The molecule has 0 radical (unpaired) electrons. The molecule has 17 heavy (non-hydrogen) atoms. The maximum Gasteiger partial charge on any atom is 0.229 e. The standard InChI is InChI=1S/C12H18N4O/c1-7-10(15-6-14-7)5-12(17)16-8-2-3-11(16)9(13)4-8/h6,8-9,11H,2-5,13H2,1H3,(H,14,15)/t8-,9-,11+/m1/s1. The van der Waals surface area contributed by atoms with Crippen LogP contribution in [0.1, 0.15) is 30.7 Å². The normalized spacial score (nSPS) is 31.2. The fourth-order valence-electron chi connectivity index (χ4n) is 3.22. The molecule has 2 bridgehead atoms. The molecule has 0 aliphatic carbocycles. The Morgan fingerprint density at radius 2 is 2.47 bits per heavy atom. The first-order valence-electron chi connectivity index (χ1n) is 6.22. The summed E-state index contributed by atoms with van der Waals surface area (Å²) in [7, 11) is 0. The Labute approximate surface area is 100 Å². The summed E-state index contributed by atoms with van der Waals surface area (Å²) < 4.78 is 0. The summed E-state index contributed by atoms with van der Waals surface area (Å²) in [6.07, 6.45) is 5.19. The van der Waals surface area contributed by atoms with Gasteiger partial charge >= 0.3 is 0 Å². The molecular formula is C12H18N4O. The number of nitrogens with one attached hydrogen (secondary N) is 1. The van der Waals surface area contributed by atoms with Gasteiger partial charge < -0.3 is 15.6 Å². The Morgan fingerprint density at radius 1 is 1.65 bits per heavy atom. The highest BCUT2D eigenvalue weighted by Crippen LogP contribution is 2.37. The number of carbonyl (C=O) groups excluding carboxylic acids is 1. The fourth-order valence-corrected chi connectivity index (χ4v) is 3.22. The zero-order valence-electron chi connectivity index (χ0n) is 10.0. The van der Waals surface area contributed by atoms with Gasteiger partial charge in [-0.05, 0) is 26.2 Å². The molecule has 3 atom stereocenters. The largest absolute Gasteiger partial charge is 0.348 e. The molecule has 0 unspecified atom stereocenters. The Bertz CT molecular complexity index is 441. The van der Waals surface area contributed by atoms with Crippen LogP contribution in [0.2, 0.25) is 0 Å². The van der Waals surface area contributed by atoms with E-state index in [4.69, 9.17) is 5.73 Å². The minimum Gasteiger partial charge on any atom is -0.348 e. The third kappa shape index (κ3) is 1.65. The van der Waals surface area contributed by atoms with E-state index in [1.54, 1.807) is 6.33 Å². The molecule has 2 fully saturated rings. The quantitative estimate of drug-likeness (QED) is 0.775. The summed E-state index contributed by atoms with van der Waals surface area (Å²) in [5, 5.41) is 0. The number of aromatic amines is 1. The number of hydrogen-bond donors (Lipinski definition) is 2. The molecule has 3 N–H and O–H groups in total. The Hall–Kier alpha value is -1.36. The predicted octanol–water partition coefficient (Wildman–Crippen LogP) is 0.351. The summed E-state index contributed by atoms with van der Waals surface area (Å²) in [6.45, 7) is 1.94. The molecule has 5 nitrogen and oxygen atoms in total. The Kier molecular flexibility index (Phi) is 2.43. The van der Waals surface area contributed by atoms with E-state index in [0.717, 1.165) is 30.7 Å². The van der Waals surface area contributed by atoms with Crippen LogP contribution >= 0.6 is 0 Å². The van der Waals surface area contributed by atoms with E-state index in [1.165, 1.54) is 0 Å². The van der Waals surface area contributed by atoms with E-state index in [0.29, 0.717) is 12.5 Å². The van der Waals surface area contributed by atoms with Gasteiger partial charge in [0.25, 0.3) is 0 Å². The van der Waals surface area contributed by atoms with Gasteiger partial charge in [-0.2, -0.15) is 0 Å². The molecule has 5 heteroatoms. The number of aryl methyl sites for hydroxylation is 1. The van der Waals surface area contributed by atoms with Crippen LogP contribution in [0.25, 0.3) is 0 Å². The molecule has 2 aliphatic rings. The van der Waals surface area contributed by atoms with Crippen molar-refractivity contribution in [1.82, 2.24) is 14.9 Å². The lowest BCUT2D eigenvalue weighted by Crippen LogP contribution is -2.41. The number of nitrogens with two attached hydrogens (primary N) is 1. The van der Waals surface area contributed by atoms with Crippen LogP contribution in [-0.2, 0) is 11.2 Å². The van der Waals surface area contributed by atoms with Gasteiger partial charge in [0.2, 0.25) is 5.91 Å². The minimum absolute atomic E-state index is 0.179. The summed E-state index contributed by atoms with van der Waals surface area (Å²) >= 11 is 0. The van der Waals surface area contributed by atoms with E-state index >= 15 is 0 Å². The second kappa shape index (κ2) is 3.84. The van der Waals surface area contributed by atoms with Crippen LogP contribution in [0.3, 0.4) is 0 Å². The first-order chi connectivity index (χ1) is 8.16. The van der Waals surface area contributed by atoms with Crippen molar-refractivity contribution in [2.45, 2.75) is 50.7 Å². The third-order valence-corrected chi connectivity index (χ3v) is 4.13. The van der Waals surface area contributed by atoms with Crippen molar-refractivity contribution in [3.63, 3.8) is 0 Å². The first kappa shape index (κ1) is 10.8. The number of imidazole rings is 1. The maximum absolute atomic E-state index is 12.3. The number of amides is 1. The number of rotatable bonds is 2. The maximum atomic E-state index is 12.3. The number of aromatic nitrogens is 2. The molecule has 92 valence electrons. The van der Waals surface area contributed by atoms with Crippen molar-refractivity contribution in [3.8, 4) is 0 Å². The first-order valence-corrected chi connectivity index (χ1v) is 6.22. The summed E-state index contributed by atoms with van der Waals surface area (Å²) in [4.78, 5) is 21.5. The van der Waals surface area contributed by atoms with Crippen LogP contribution in [0, 0.1) is 6.92 Å². The number of hydrogen-bond acceptors (Lipinski definition) is 3. The SMILES string of the molecule is Cc1[nH]cnc1CC(=O)N1[C@@H]2CC[C@H]1[C@H](N)C2. The van der Waals surface area contributed by atoms with Gasteiger partial charge in [0.05, 0.1) is 18.4 Å². The number of fused-ring (bicyclic) bond motifs is 2. The summed E-state index contributed by atoms with van der Waals surface area (Å²) in [5.74, 6) is 0.181. The summed E-state index contributed by atoms with van der Waals surface area (Å²) in [5.41, 5.74) is 7.87. The van der Waals surface area contributed by atoms with E-state index < -0.39 is 0 Å². The average molecular weight is 234 g/mol. The zero-order valence-corrected chi connectivity index (χ0v) is 10.0. The molecule has 2 aliphatic heterocycles. The van der Waals surface area contributed by atoms with Crippen LogP contribution in [-0.4, -0.2) is 38.9 Å². The van der Waals surface area contributed by atoms with Crippen molar-refractivity contribution in [2.24, 2.45) is 5.73 Å². The van der Waals surface area contributed by atoms with Crippen LogP contribution < -0.4 is 5.73 Å². The number of carbonyl (C=O) groups is 1. The van der Waals surface area contributed by atoms with E-state index in [1.807, 2.05) is 11.8 Å². The second-order valence-corrected chi connectivity index (χ2v) is 5.15. The van der Waals surface area contributed by atoms with Gasteiger partial charge in [0.1, 0.15) is 0 Å². The van der Waals surface area contributed by atoms with Crippen molar-refractivity contribution < 1.29 is 4.79 Å². The molecule has 2 saturated heterocycles. The highest BCUT2D eigenvalue weighted by molar-refractivity contribution is 5.80. The third-order valence-electron chi connectivity index (χ3n) is 4.13. The van der Waals surface area contributed by atoms with Gasteiger partial charge in [-0.3, -0.25) is 4.79 Å². The van der Waals surface area contributed by atoms with Gasteiger partial charge in [0, 0.05) is 23.8 Å². The highest BCUT2D eigenvalue weighted by Gasteiger charge is 2.46. The van der Waals surface area contributed by atoms with Crippen molar-refractivity contribution in [3.05, 3.63) is 17.7 Å². The zero-order chi connectivity index (χ0) is 12.0. The van der Waals surface area contributed by atoms with Crippen LogP contribution in [0.15, 0.2) is 6.33 Å². The topological polar surface area (TPSA) is 75.0 Å². The van der Waals surface area contributed by atoms with Gasteiger partial charge in [-0.15, -0.1) is 0 Å². The Morgan fingerprint density at radius 3 is 3.00 bits per heavy atom. The summed E-state index contributed by atoms with van der Waals surface area (Å²) in [6, 6.07) is 0.825. The van der Waals surface area contributed by atoms with E-state index in [-0.39, 0.29) is 18.0 Å².